The van der Waals surface area contributed by atoms with Gasteiger partial charge in [-0.15, -0.1) is 35.3 Å². The van der Waals surface area contributed by atoms with E-state index >= 15 is 0 Å². The SMILES string of the molecule is CN=C(NCc1ccc(F)c(CO)c1)N1CCN(Cc2ccc(Cl)s2)CC1.I. The third-order valence-corrected chi connectivity index (χ3v) is 5.84. The van der Waals surface area contributed by atoms with E-state index in [1.807, 2.05) is 6.07 Å². The summed E-state index contributed by atoms with van der Waals surface area (Å²) in [6.07, 6.45) is 0. The average molecular weight is 539 g/mol. The van der Waals surface area contributed by atoms with Gasteiger partial charge in [-0.25, -0.2) is 4.39 Å². The molecule has 0 bridgehead atoms. The summed E-state index contributed by atoms with van der Waals surface area (Å²) in [6, 6.07) is 8.82. The van der Waals surface area contributed by atoms with E-state index in [9.17, 15) is 9.50 Å². The minimum Gasteiger partial charge on any atom is -0.392 e. The smallest absolute Gasteiger partial charge is 0.194 e. The fourth-order valence-electron chi connectivity index (χ4n) is 3.15. The Morgan fingerprint density at radius 1 is 1.25 bits per heavy atom. The van der Waals surface area contributed by atoms with Gasteiger partial charge in [-0.3, -0.25) is 9.89 Å². The molecule has 2 N–H and O–H groups in total. The third-order valence-electron chi connectivity index (χ3n) is 4.62. The summed E-state index contributed by atoms with van der Waals surface area (Å²) in [7, 11) is 1.77. The number of guanidine groups is 1. The molecular formula is C19H25ClFIN4OS. The normalized spacial score (nSPS) is 15.4. The number of nitrogens with zero attached hydrogens (tertiary/aromatic N) is 3. The number of rotatable bonds is 5. The van der Waals surface area contributed by atoms with Crippen molar-refractivity contribution in [2.24, 2.45) is 4.99 Å². The molecule has 0 unspecified atom stereocenters. The predicted octanol–water partition coefficient (Wildman–Crippen LogP) is 3.54. The van der Waals surface area contributed by atoms with Crippen LogP contribution >= 0.6 is 46.9 Å². The second kappa shape index (κ2) is 11.3. The van der Waals surface area contributed by atoms with E-state index in [4.69, 9.17) is 11.6 Å². The highest BCUT2D eigenvalue weighted by atomic mass is 127. The Labute approximate surface area is 191 Å². The van der Waals surface area contributed by atoms with Crippen LogP contribution < -0.4 is 5.32 Å². The Morgan fingerprint density at radius 3 is 2.61 bits per heavy atom. The number of hydrogen-bond donors (Lipinski definition) is 2. The first-order valence-electron chi connectivity index (χ1n) is 8.89. The van der Waals surface area contributed by atoms with Gasteiger partial charge < -0.3 is 15.3 Å². The zero-order chi connectivity index (χ0) is 19.2. The zero-order valence-electron chi connectivity index (χ0n) is 15.7. The van der Waals surface area contributed by atoms with Crippen molar-refractivity contribution >= 4 is 52.9 Å². The second-order valence-electron chi connectivity index (χ2n) is 6.45. The number of aliphatic imine (C=N–C) groups is 1. The van der Waals surface area contributed by atoms with E-state index in [-0.39, 0.29) is 36.4 Å². The lowest BCUT2D eigenvalue weighted by Crippen LogP contribution is -2.51. The summed E-state index contributed by atoms with van der Waals surface area (Å²) in [6.45, 7) is 4.87. The highest BCUT2D eigenvalue weighted by Crippen LogP contribution is 2.23. The van der Waals surface area contributed by atoms with Crippen LogP contribution in [0.5, 0.6) is 0 Å². The van der Waals surface area contributed by atoms with Crippen molar-refractivity contribution in [2.45, 2.75) is 19.7 Å². The van der Waals surface area contributed by atoms with E-state index in [0.717, 1.165) is 48.6 Å². The maximum atomic E-state index is 13.5. The summed E-state index contributed by atoms with van der Waals surface area (Å²) in [5, 5.41) is 12.5. The molecule has 28 heavy (non-hydrogen) atoms. The maximum Gasteiger partial charge on any atom is 0.194 e. The van der Waals surface area contributed by atoms with Crippen LogP contribution in [0.1, 0.15) is 16.0 Å². The number of halogens is 3. The molecule has 1 aliphatic rings. The standard InChI is InChI=1S/C19H24ClFN4OS.HI/c1-22-19(23-11-14-2-4-17(21)15(10-14)13-26)25-8-6-24(7-9-25)12-16-3-5-18(20)27-16;/h2-5,10,26H,6-9,11-13H2,1H3,(H,22,23);1H. The van der Waals surface area contributed by atoms with E-state index in [1.54, 1.807) is 30.5 Å². The van der Waals surface area contributed by atoms with Crippen molar-refractivity contribution in [2.75, 3.05) is 33.2 Å². The molecular weight excluding hydrogens is 514 g/mol. The number of thiophene rings is 1. The van der Waals surface area contributed by atoms with Gasteiger partial charge in [0.25, 0.3) is 0 Å². The van der Waals surface area contributed by atoms with Crippen molar-refractivity contribution in [1.82, 2.24) is 15.1 Å². The molecule has 154 valence electrons. The van der Waals surface area contributed by atoms with Gasteiger partial charge in [0.1, 0.15) is 5.82 Å². The topological polar surface area (TPSA) is 51.1 Å². The molecule has 0 aliphatic carbocycles. The molecule has 0 radical (unpaired) electrons. The van der Waals surface area contributed by atoms with Gasteiger partial charge in [0, 0.05) is 56.8 Å². The lowest BCUT2D eigenvalue weighted by atomic mass is 10.1. The molecule has 5 nitrogen and oxygen atoms in total. The lowest BCUT2D eigenvalue weighted by molar-refractivity contribution is 0.173. The quantitative estimate of drug-likeness (QED) is 0.347. The van der Waals surface area contributed by atoms with Gasteiger partial charge in [-0.1, -0.05) is 17.7 Å². The Balaban J connectivity index is 0.00000280. The molecule has 1 aromatic heterocycles. The number of benzene rings is 1. The van der Waals surface area contributed by atoms with Crippen LogP contribution in [0.2, 0.25) is 4.34 Å². The monoisotopic (exact) mass is 538 g/mol. The molecule has 1 aliphatic heterocycles. The minimum absolute atomic E-state index is 0. The number of nitrogens with one attached hydrogen (secondary N) is 1. The van der Waals surface area contributed by atoms with Crippen LogP contribution in [0.3, 0.4) is 0 Å². The Hall–Kier alpha value is -0.940. The lowest BCUT2D eigenvalue weighted by Gasteiger charge is -2.36. The number of hydrogen-bond acceptors (Lipinski definition) is 4. The van der Waals surface area contributed by atoms with Crippen LogP contribution in [0.25, 0.3) is 0 Å². The minimum atomic E-state index is -0.381. The first-order valence-corrected chi connectivity index (χ1v) is 10.1. The summed E-state index contributed by atoms with van der Waals surface area (Å²) in [5.41, 5.74) is 1.22. The van der Waals surface area contributed by atoms with Crippen LogP contribution in [-0.4, -0.2) is 54.1 Å². The van der Waals surface area contributed by atoms with Crippen LogP contribution in [-0.2, 0) is 19.7 Å². The van der Waals surface area contributed by atoms with Crippen LogP contribution in [0.15, 0.2) is 35.3 Å². The van der Waals surface area contributed by atoms with Gasteiger partial charge in [0.05, 0.1) is 10.9 Å². The molecule has 0 spiro atoms. The number of aliphatic hydroxyl groups excluding tert-OH is 1. The number of aliphatic hydroxyl groups is 1. The first kappa shape index (κ1) is 23.3. The van der Waals surface area contributed by atoms with Crippen LogP contribution in [0, 0.1) is 5.82 Å². The van der Waals surface area contributed by atoms with Crippen molar-refractivity contribution < 1.29 is 9.50 Å². The van der Waals surface area contributed by atoms with E-state index < -0.39 is 0 Å². The average Bonchev–Trinajstić information content (AvgIpc) is 3.09. The summed E-state index contributed by atoms with van der Waals surface area (Å²) in [5.74, 6) is 0.456. The molecule has 3 rings (SSSR count). The highest BCUT2D eigenvalue weighted by Gasteiger charge is 2.20. The second-order valence-corrected chi connectivity index (χ2v) is 8.25. The molecule has 0 saturated carbocycles. The first-order chi connectivity index (χ1) is 13.1. The van der Waals surface area contributed by atoms with Gasteiger partial charge in [0.2, 0.25) is 0 Å². The molecule has 2 heterocycles. The van der Waals surface area contributed by atoms with Gasteiger partial charge in [-0.05, 0) is 29.8 Å². The molecule has 2 aromatic rings. The van der Waals surface area contributed by atoms with E-state index in [0.29, 0.717) is 12.1 Å². The molecule has 9 heteroatoms. The summed E-state index contributed by atoms with van der Waals surface area (Å²) >= 11 is 7.64. The Bertz CT molecular complexity index is 796. The van der Waals surface area contributed by atoms with Gasteiger partial charge in [-0.2, -0.15) is 0 Å². The highest BCUT2D eigenvalue weighted by molar-refractivity contribution is 14.0. The Kier molecular flexibility index (Phi) is 9.42. The van der Waals surface area contributed by atoms with E-state index in [2.05, 4.69) is 26.2 Å². The van der Waals surface area contributed by atoms with Gasteiger partial charge >= 0.3 is 0 Å². The molecule has 1 fully saturated rings. The molecule has 1 aromatic carbocycles. The fraction of sp³-hybridized carbons (Fsp3) is 0.421. The van der Waals surface area contributed by atoms with Crippen molar-refractivity contribution in [3.8, 4) is 0 Å². The van der Waals surface area contributed by atoms with Gasteiger partial charge in [0.15, 0.2) is 5.96 Å². The predicted molar refractivity (Wildman–Crippen MR) is 124 cm³/mol. The number of piperazine rings is 1. The summed E-state index contributed by atoms with van der Waals surface area (Å²) in [4.78, 5) is 10.3. The molecule has 0 atom stereocenters. The maximum absolute atomic E-state index is 13.5. The van der Waals surface area contributed by atoms with Crippen molar-refractivity contribution in [3.05, 3.63) is 56.5 Å². The third kappa shape index (κ3) is 6.28. The molecule has 1 saturated heterocycles. The fourth-order valence-corrected chi connectivity index (χ4v) is 4.28. The Morgan fingerprint density at radius 2 is 2.00 bits per heavy atom. The van der Waals surface area contributed by atoms with E-state index in [1.165, 1.54) is 10.9 Å². The van der Waals surface area contributed by atoms with Crippen molar-refractivity contribution in [1.29, 1.82) is 0 Å². The zero-order valence-corrected chi connectivity index (χ0v) is 19.6. The largest absolute Gasteiger partial charge is 0.392 e. The van der Waals surface area contributed by atoms with Crippen molar-refractivity contribution in [3.63, 3.8) is 0 Å². The molecule has 0 amide bonds. The van der Waals surface area contributed by atoms with Crippen LogP contribution in [0.4, 0.5) is 4.39 Å². The summed E-state index contributed by atoms with van der Waals surface area (Å²) < 4.78 is 14.3.